The number of aromatic carboxylic acids is 1. The maximum Gasteiger partial charge on any atom is 0.336 e. The Morgan fingerprint density at radius 1 is 1.77 bits per heavy atom. The second-order valence-electron chi connectivity index (χ2n) is 2.36. The Balaban J connectivity index is 2.44. The van der Waals surface area contributed by atoms with Crippen molar-refractivity contribution in [2.75, 3.05) is 6.61 Å². The number of rotatable bonds is 5. The summed E-state index contributed by atoms with van der Waals surface area (Å²) in [5.41, 5.74) is 3.05. The minimum Gasteiger partial charge on any atom is -0.478 e. The maximum atomic E-state index is 10.5. The molecule has 0 aliphatic heterocycles. The van der Waals surface area contributed by atoms with Gasteiger partial charge in [-0.3, -0.25) is 0 Å². The van der Waals surface area contributed by atoms with Gasteiger partial charge < -0.3 is 9.94 Å². The SMILES string of the molecule is CCONCc1cc(C(=O)O)cs1. The monoisotopic (exact) mass is 201 g/mol. The third-order valence-corrected chi connectivity index (χ3v) is 2.33. The lowest BCUT2D eigenvalue weighted by Crippen LogP contribution is -2.12. The summed E-state index contributed by atoms with van der Waals surface area (Å²) in [6.45, 7) is 3.02. The number of thiophene rings is 1. The van der Waals surface area contributed by atoms with Gasteiger partial charge in [0.25, 0.3) is 0 Å². The van der Waals surface area contributed by atoms with Gasteiger partial charge in [-0.2, -0.15) is 5.48 Å². The average Bonchev–Trinajstić information content (AvgIpc) is 2.53. The molecule has 0 amide bonds. The average molecular weight is 201 g/mol. The van der Waals surface area contributed by atoms with Gasteiger partial charge in [0, 0.05) is 10.3 Å². The molecule has 1 heterocycles. The van der Waals surface area contributed by atoms with E-state index < -0.39 is 5.97 Å². The molecule has 0 aromatic carbocycles. The van der Waals surface area contributed by atoms with Crippen LogP contribution in [0.2, 0.25) is 0 Å². The van der Waals surface area contributed by atoms with Gasteiger partial charge in [0.2, 0.25) is 0 Å². The van der Waals surface area contributed by atoms with Crippen LogP contribution in [0.25, 0.3) is 0 Å². The molecule has 1 rings (SSSR count). The molecule has 0 spiro atoms. The van der Waals surface area contributed by atoms with Gasteiger partial charge in [-0.25, -0.2) is 4.79 Å². The molecule has 0 bridgehead atoms. The van der Waals surface area contributed by atoms with Gasteiger partial charge in [0.15, 0.2) is 0 Å². The molecule has 13 heavy (non-hydrogen) atoms. The van der Waals surface area contributed by atoms with Crippen LogP contribution in [0, 0.1) is 0 Å². The lowest BCUT2D eigenvalue weighted by Gasteiger charge is -1.99. The van der Waals surface area contributed by atoms with E-state index in [9.17, 15) is 4.79 Å². The molecule has 0 aliphatic carbocycles. The summed E-state index contributed by atoms with van der Waals surface area (Å²) in [6.07, 6.45) is 0. The van der Waals surface area contributed by atoms with Crippen molar-refractivity contribution in [1.29, 1.82) is 0 Å². The van der Waals surface area contributed by atoms with E-state index in [1.54, 1.807) is 11.4 Å². The molecule has 0 aliphatic rings. The number of carbonyl (C=O) groups is 1. The van der Waals surface area contributed by atoms with Crippen LogP contribution < -0.4 is 5.48 Å². The summed E-state index contributed by atoms with van der Waals surface area (Å²) in [6, 6.07) is 1.64. The van der Waals surface area contributed by atoms with E-state index in [1.165, 1.54) is 11.3 Å². The minimum absolute atomic E-state index is 0.332. The zero-order valence-electron chi connectivity index (χ0n) is 7.24. The van der Waals surface area contributed by atoms with Crippen molar-refractivity contribution in [2.45, 2.75) is 13.5 Å². The van der Waals surface area contributed by atoms with Gasteiger partial charge >= 0.3 is 5.97 Å². The van der Waals surface area contributed by atoms with Gasteiger partial charge in [-0.15, -0.1) is 11.3 Å². The first kappa shape index (κ1) is 10.2. The van der Waals surface area contributed by atoms with E-state index >= 15 is 0 Å². The Morgan fingerprint density at radius 2 is 2.54 bits per heavy atom. The summed E-state index contributed by atoms with van der Waals surface area (Å²) in [5.74, 6) is -0.890. The third kappa shape index (κ3) is 3.14. The molecular weight excluding hydrogens is 190 g/mol. The Morgan fingerprint density at radius 3 is 3.08 bits per heavy atom. The topological polar surface area (TPSA) is 58.6 Å². The number of carboxylic acids is 1. The quantitative estimate of drug-likeness (QED) is 0.559. The largest absolute Gasteiger partial charge is 0.478 e. The van der Waals surface area contributed by atoms with Crippen LogP contribution in [-0.4, -0.2) is 17.7 Å². The Labute approximate surface area is 80.1 Å². The molecule has 0 fully saturated rings. The van der Waals surface area contributed by atoms with Crippen LogP contribution in [0.5, 0.6) is 0 Å². The highest BCUT2D eigenvalue weighted by Crippen LogP contribution is 2.14. The van der Waals surface area contributed by atoms with Crippen molar-refractivity contribution < 1.29 is 14.7 Å². The Hall–Kier alpha value is -0.910. The van der Waals surface area contributed by atoms with Crippen LogP contribution in [0.15, 0.2) is 11.4 Å². The Bertz CT molecular complexity index is 285. The van der Waals surface area contributed by atoms with Crippen molar-refractivity contribution in [3.8, 4) is 0 Å². The van der Waals surface area contributed by atoms with Gasteiger partial charge in [-0.05, 0) is 13.0 Å². The highest BCUT2D eigenvalue weighted by atomic mass is 32.1. The van der Waals surface area contributed by atoms with E-state index in [0.29, 0.717) is 18.7 Å². The van der Waals surface area contributed by atoms with E-state index in [-0.39, 0.29) is 0 Å². The van der Waals surface area contributed by atoms with Crippen molar-refractivity contribution in [3.05, 3.63) is 21.9 Å². The first-order valence-corrected chi connectivity index (χ1v) is 4.77. The van der Waals surface area contributed by atoms with E-state index in [4.69, 9.17) is 9.94 Å². The van der Waals surface area contributed by atoms with Crippen molar-refractivity contribution in [2.24, 2.45) is 0 Å². The van der Waals surface area contributed by atoms with Crippen LogP contribution in [0.4, 0.5) is 0 Å². The Kier molecular flexibility index (Phi) is 3.88. The summed E-state index contributed by atoms with van der Waals surface area (Å²) in [5, 5.41) is 10.2. The minimum atomic E-state index is -0.890. The van der Waals surface area contributed by atoms with Crippen molar-refractivity contribution >= 4 is 17.3 Å². The number of carboxylic acid groups (broad SMARTS) is 1. The van der Waals surface area contributed by atoms with E-state index in [1.807, 2.05) is 6.92 Å². The zero-order valence-corrected chi connectivity index (χ0v) is 8.06. The van der Waals surface area contributed by atoms with Crippen molar-refractivity contribution in [1.82, 2.24) is 5.48 Å². The summed E-state index contributed by atoms with van der Waals surface area (Å²) in [7, 11) is 0. The smallest absolute Gasteiger partial charge is 0.336 e. The fraction of sp³-hybridized carbons (Fsp3) is 0.375. The lowest BCUT2D eigenvalue weighted by atomic mass is 10.3. The summed E-state index contributed by atoms with van der Waals surface area (Å²) >= 11 is 1.40. The maximum absolute atomic E-state index is 10.5. The molecule has 4 nitrogen and oxygen atoms in total. The molecule has 0 saturated heterocycles. The van der Waals surface area contributed by atoms with Gasteiger partial charge in [-0.1, -0.05) is 0 Å². The molecule has 1 aromatic heterocycles. The fourth-order valence-electron chi connectivity index (χ4n) is 0.810. The number of nitrogens with one attached hydrogen (secondary N) is 1. The van der Waals surface area contributed by atoms with Crippen LogP contribution in [-0.2, 0) is 11.4 Å². The molecule has 0 atom stereocenters. The van der Waals surface area contributed by atoms with Crippen molar-refractivity contribution in [3.63, 3.8) is 0 Å². The highest BCUT2D eigenvalue weighted by Gasteiger charge is 2.05. The van der Waals surface area contributed by atoms with Gasteiger partial charge in [0.05, 0.1) is 18.7 Å². The molecule has 72 valence electrons. The number of hydrogen-bond donors (Lipinski definition) is 2. The van der Waals surface area contributed by atoms with E-state index in [2.05, 4.69) is 5.48 Å². The molecule has 1 aromatic rings. The van der Waals surface area contributed by atoms with Gasteiger partial charge in [0.1, 0.15) is 0 Å². The standard InChI is InChI=1S/C8H11NO3S/c1-2-12-9-4-7-3-6(5-13-7)8(10)11/h3,5,9H,2,4H2,1H3,(H,10,11). The predicted molar refractivity (Wildman–Crippen MR) is 49.7 cm³/mol. The fourth-order valence-corrected chi connectivity index (χ4v) is 1.59. The summed E-state index contributed by atoms with van der Waals surface area (Å²) in [4.78, 5) is 16.4. The lowest BCUT2D eigenvalue weighted by molar-refractivity contribution is 0.0469. The predicted octanol–water partition coefficient (Wildman–Crippen LogP) is 1.49. The molecule has 5 heteroatoms. The van der Waals surface area contributed by atoms with Crippen LogP contribution in [0.1, 0.15) is 22.2 Å². The van der Waals surface area contributed by atoms with E-state index in [0.717, 1.165) is 4.88 Å². The van der Waals surface area contributed by atoms with Crippen LogP contribution >= 0.6 is 11.3 Å². The number of hydrogen-bond acceptors (Lipinski definition) is 4. The second kappa shape index (κ2) is 4.96. The molecule has 0 unspecified atom stereocenters. The number of hydroxylamine groups is 1. The third-order valence-electron chi connectivity index (χ3n) is 1.39. The second-order valence-corrected chi connectivity index (χ2v) is 3.36. The molecular formula is C8H11NO3S. The summed E-state index contributed by atoms with van der Waals surface area (Å²) < 4.78 is 0. The first-order chi connectivity index (χ1) is 6.24. The molecule has 2 N–H and O–H groups in total. The normalized spacial score (nSPS) is 10.2. The molecule has 0 radical (unpaired) electrons. The highest BCUT2D eigenvalue weighted by molar-refractivity contribution is 7.10. The first-order valence-electron chi connectivity index (χ1n) is 3.89. The molecule has 0 saturated carbocycles. The van der Waals surface area contributed by atoms with Crippen LogP contribution in [0.3, 0.4) is 0 Å². The zero-order chi connectivity index (χ0) is 9.68.